The molecule has 5 rings (SSSR count). The van der Waals surface area contributed by atoms with Gasteiger partial charge in [-0.1, -0.05) is 48.5 Å². The number of esters is 1. The first kappa shape index (κ1) is 19.1. The highest BCUT2D eigenvalue weighted by molar-refractivity contribution is 6.11. The van der Waals surface area contributed by atoms with Crippen LogP contribution in [0.15, 0.2) is 60.2 Å². The summed E-state index contributed by atoms with van der Waals surface area (Å²) < 4.78 is 11.6. The van der Waals surface area contributed by atoms with Crippen LogP contribution in [0.3, 0.4) is 0 Å². The van der Waals surface area contributed by atoms with Crippen LogP contribution in [0.2, 0.25) is 0 Å². The van der Waals surface area contributed by atoms with Crippen LogP contribution in [-0.4, -0.2) is 31.6 Å². The van der Waals surface area contributed by atoms with E-state index in [1.54, 1.807) is 6.92 Å². The zero-order valence-corrected chi connectivity index (χ0v) is 17.3. The van der Waals surface area contributed by atoms with Crippen molar-refractivity contribution < 1.29 is 19.1 Å². The monoisotopic (exact) mass is 403 g/mol. The molecule has 2 aromatic carbocycles. The Labute approximate surface area is 176 Å². The fourth-order valence-corrected chi connectivity index (χ4v) is 5.26. The summed E-state index contributed by atoms with van der Waals surface area (Å²) in [6, 6.07) is 16.1. The number of para-hydroxylation sites is 1. The van der Waals surface area contributed by atoms with Crippen LogP contribution < -0.4 is 4.90 Å². The Balaban J connectivity index is 1.59. The van der Waals surface area contributed by atoms with Gasteiger partial charge in [-0.05, 0) is 49.0 Å². The van der Waals surface area contributed by atoms with Crippen molar-refractivity contribution in [2.24, 2.45) is 5.92 Å². The van der Waals surface area contributed by atoms with Crippen LogP contribution in [0.1, 0.15) is 36.5 Å². The second kappa shape index (κ2) is 7.10. The molecule has 0 radical (unpaired) electrons. The summed E-state index contributed by atoms with van der Waals surface area (Å²) in [5, 5.41) is 0. The number of fused-ring (bicyclic) bond motifs is 5. The first-order chi connectivity index (χ1) is 14.6. The van der Waals surface area contributed by atoms with Crippen molar-refractivity contribution in [3.63, 3.8) is 0 Å². The number of hydrogen-bond acceptors (Lipinski definition) is 4. The van der Waals surface area contributed by atoms with E-state index < -0.39 is 11.6 Å². The van der Waals surface area contributed by atoms with Crippen molar-refractivity contribution in [2.75, 3.05) is 24.7 Å². The van der Waals surface area contributed by atoms with Crippen molar-refractivity contribution in [1.82, 2.24) is 0 Å². The molecule has 154 valence electrons. The Morgan fingerprint density at radius 2 is 1.97 bits per heavy atom. The predicted molar refractivity (Wildman–Crippen MR) is 113 cm³/mol. The van der Waals surface area contributed by atoms with Gasteiger partial charge in [-0.15, -0.1) is 0 Å². The van der Waals surface area contributed by atoms with Crippen LogP contribution in [-0.2, 0) is 31.1 Å². The maximum absolute atomic E-state index is 13.8. The smallest absolute Gasteiger partial charge is 0.326 e. The van der Waals surface area contributed by atoms with Gasteiger partial charge in [0, 0.05) is 11.5 Å². The van der Waals surface area contributed by atoms with Gasteiger partial charge in [-0.2, -0.15) is 0 Å². The summed E-state index contributed by atoms with van der Waals surface area (Å²) in [4.78, 5) is 27.5. The van der Waals surface area contributed by atoms with Crippen molar-refractivity contribution in [3.8, 4) is 0 Å². The number of hydrogen-bond donors (Lipinski definition) is 0. The fraction of sp³-hybridized carbons (Fsp3) is 0.360. The number of nitrogens with zero attached hydrogens (tertiary/aromatic N) is 1. The van der Waals surface area contributed by atoms with E-state index in [1.807, 2.05) is 31.2 Å². The molecule has 0 unspecified atom stereocenters. The van der Waals surface area contributed by atoms with Gasteiger partial charge in [0.05, 0.1) is 18.9 Å². The van der Waals surface area contributed by atoms with Crippen molar-refractivity contribution in [2.45, 2.75) is 31.8 Å². The Morgan fingerprint density at radius 1 is 1.20 bits per heavy atom. The molecule has 0 saturated heterocycles. The molecule has 2 aliphatic heterocycles. The zero-order valence-electron chi connectivity index (χ0n) is 17.3. The highest BCUT2D eigenvalue weighted by Crippen LogP contribution is 2.52. The molecule has 0 aromatic heterocycles. The van der Waals surface area contributed by atoms with Gasteiger partial charge in [0.1, 0.15) is 6.54 Å². The number of amides is 1. The molecule has 1 aliphatic carbocycles. The lowest BCUT2D eigenvalue weighted by Gasteiger charge is -2.29. The number of anilines is 1. The number of ether oxygens (including phenoxy) is 2. The highest BCUT2D eigenvalue weighted by Gasteiger charge is 2.55. The molecule has 0 N–H and O–H groups in total. The Kier molecular flexibility index (Phi) is 4.51. The minimum atomic E-state index is -1.18. The number of benzene rings is 2. The zero-order chi connectivity index (χ0) is 20.9. The molecule has 0 saturated carbocycles. The second-order valence-electron chi connectivity index (χ2n) is 8.24. The Hall–Kier alpha value is -2.92. The van der Waals surface area contributed by atoms with Crippen molar-refractivity contribution >= 4 is 17.6 Å². The molecule has 30 heavy (non-hydrogen) atoms. The molecule has 2 heterocycles. The van der Waals surface area contributed by atoms with Gasteiger partial charge >= 0.3 is 5.97 Å². The SMILES string of the molecule is CCOC(=O)CN1C(=O)[C@]2(OC[C@@H]3Cc4ccccc4[C@H]3C=C2C)c2ccccc21. The predicted octanol–water partition coefficient (Wildman–Crippen LogP) is 3.72. The molecule has 1 amide bonds. The molecular formula is C25H25NO4. The van der Waals surface area contributed by atoms with Crippen LogP contribution in [0.5, 0.6) is 0 Å². The van der Waals surface area contributed by atoms with E-state index in [0.717, 1.165) is 23.2 Å². The average molecular weight is 403 g/mol. The number of allylic oxidation sites excluding steroid dienone is 1. The van der Waals surface area contributed by atoms with Crippen LogP contribution in [0.25, 0.3) is 0 Å². The van der Waals surface area contributed by atoms with Gasteiger partial charge in [0.15, 0.2) is 5.60 Å². The van der Waals surface area contributed by atoms with E-state index in [1.165, 1.54) is 16.0 Å². The maximum atomic E-state index is 13.8. The second-order valence-corrected chi connectivity index (χ2v) is 8.24. The standard InChI is InChI=1S/C25H25NO4/c1-3-29-23(27)14-26-22-11-7-6-10-21(22)25(24(26)28)16(2)12-20-18(15-30-25)13-17-8-4-5-9-19(17)20/h4-12,18,20H,3,13-15H2,1-2H3/t18-,20-,25+/m0/s1. The Bertz CT molecular complexity index is 1060. The van der Waals surface area contributed by atoms with E-state index in [0.29, 0.717) is 12.5 Å². The Morgan fingerprint density at radius 3 is 2.80 bits per heavy atom. The van der Waals surface area contributed by atoms with Crippen LogP contribution in [0, 0.1) is 5.92 Å². The van der Waals surface area contributed by atoms with E-state index in [2.05, 4.69) is 30.3 Å². The summed E-state index contributed by atoms with van der Waals surface area (Å²) >= 11 is 0. The van der Waals surface area contributed by atoms with E-state index in [9.17, 15) is 9.59 Å². The minimum absolute atomic E-state index is 0.113. The lowest BCUT2D eigenvalue weighted by molar-refractivity contribution is -0.145. The molecule has 5 heteroatoms. The van der Waals surface area contributed by atoms with E-state index in [-0.39, 0.29) is 25.0 Å². The maximum Gasteiger partial charge on any atom is 0.326 e. The lowest BCUT2D eigenvalue weighted by Crippen LogP contribution is -2.45. The first-order valence-corrected chi connectivity index (χ1v) is 10.5. The molecule has 1 spiro atoms. The minimum Gasteiger partial charge on any atom is -0.465 e. The third-order valence-corrected chi connectivity index (χ3v) is 6.62. The van der Waals surface area contributed by atoms with Gasteiger partial charge < -0.3 is 9.47 Å². The van der Waals surface area contributed by atoms with Gasteiger partial charge in [0.25, 0.3) is 5.91 Å². The van der Waals surface area contributed by atoms with Crippen LogP contribution >= 0.6 is 0 Å². The summed E-state index contributed by atoms with van der Waals surface area (Å²) in [5.74, 6) is -0.0899. The number of rotatable bonds is 3. The van der Waals surface area contributed by atoms with Crippen LogP contribution in [0.4, 0.5) is 5.69 Å². The summed E-state index contributed by atoms with van der Waals surface area (Å²) in [6.45, 7) is 4.40. The van der Waals surface area contributed by atoms with Gasteiger partial charge in [-0.25, -0.2) is 0 Å². The third kappa shape index (κ3) is 2.65. The number of carbonyl (C=O) groups excluding carboxylic acids is 2. The number of carbonyl (C=O) groups is 2. The molecular weight excluding hydrogens is 378 g/mol. The molecule has 3 atom stereocenters. The normalized spacial score (nSPS) is 26.7. The molecule has 3 aliphatic rings. The highest BCUT2D eigenvalue weighted by atomic mass is 16.5. The third-order valence-electron chi connectivity index (χ3n) is 6.62. The quantitative estimate of drug-likeness (QED) is 0.579. The summed E-state index contributed by atoms with van der Waals surface area (Å²) in [5.41, 5.74) is 3.91. The summed E-state index contributed by atoms with van der Waals surface area (Å²) in [7, 11) is 0. The van der Waals surface area contributed by atoms with Crippen molar-refractivity contribution in [1.29, 1.82) is 0 Å². The molecule has 2 aromatic rings. The molecule has 5 nitrogen and oxygen atoms in total. The molecule has 0 bridgehead atoms. The molecule has 0 fully saturated rings. The van der Waals surface area contributed by atoms with Gasteiger partial charge in [-0.3, -0.25) is 14.5 Å². The van der Waals surface area contributed by atoms with E-state index in [4.69, 9.17) is 9.47 Å². The summed E-state index contributed by atoms with van der Waals surface area (Å²) in [6.07, 6.45) is 3.16. The average Bonchev–Trinajstić information content (AvgIpc) is 3.15. The van der Waals surface area contributed by atoms with Gasteiger partial charge in [0.2, 0.25) is 0 Å². The fourth-order valence-electron chi connectivity index (χ4n) is 5.26. The lowest BCUT2D eigenvalue weighted by atomic mass is 9.85. The van der Waals surface area contributed by atoms with E-state index >= 15 is 0 Å². The van der Waals surface area contributed by atoms with Crippen molar-refractivity contribution in [3.05, 3.63) is 76.9 Å². The first-order valence-electron chi connectivity index (χ1n) is 10.5. The largest absolute Gasteiger partial charge is 0.465 e. The topological polar surface area (TPSA) is 55.8 Å².